The number of sulfonamides is 1. The molecule has 0 bridgehead atoms. The summed E-state index contributed by atoms with van der Waals surface area (Å²) in [6.45, 7) is 3.10. The Morgan fingerprint density at radius 1 is 1.45 bits per heavy atom. The van der Waals surface area contributed by atoms with Gasteiger partial charge in [-0.25, -0.2) is 8.42 Å². The Bertz CT molecular complexity index is 613. The van der Waals surface area contributed by atoms with E-state index in [1.54, 1.807) is 25.1 Å². The number of carbonyl (C=O) groups is 1. The van der Waals surface area contributed by atoms with E-state index in [1.807, 2.05) is 0 Å². The number of hydrogen-bond donors (Lipinski definition) is 2. The average Bonchev–Trinajstić information content (AvgIpc) is 2.75. The molecule has 6 nitrogen and oxygen atoms in total. The molecule has 7 heteroatoms. The minimum atomic E-state index is -3.19. The number of anilines is 1. The Balaban J connectivity index is 2.24. The van der Waals surface area contributed by atoms with E-state index in [0.717, 1.165) is 5.56 Å². The van der Waals surface area contributed by atoms with Crippen LogP contribution in [0.5, 0.6) is 0 Å². The minimum Gasteiger partial charge on any atom is -0.351 e. The Kier molecular flexibility index (Phi) is 4.29. The van der Waals surface area contributed by atoms with E-state index in [1.165, 1.54) is 4.31 Å². The monoisotopic (exact) mass is 297 g/mol. The molecule has 1 saturated heterocycles. The molecule has 20 heavy (non-hydrogen) atoms. The Hall–Kier alpha value is -1.60. The van der Waals surface area contributed by atoms with Crippen LogP contribution < -0.4 is 15.4 Å². The van der Waals surface area contributed by atoms with Crippen molar-refractivity contribution >= 4 is 21.6 Å². The second kappa shape index (κ2) is 5.80. The summed E-state index contributed by atoms with van der Waals surface area (Å²) in [5.74, 6) is -0.00564. The van der Waals surface area contributed by atoms with Crippen LogP contribution in [0.1, 0.15) is 22.3 Å². The molecular weight excluding hydrogens is 278 g/mol. The summed E-state index contributed by atoms with van der Waals surface area (Å²) in [4.78, 5) is 11.9. The molecular formula is C13H19N3O3S. The first-order chi connectivity index (χ1) is 9.45. The van der Waals surface area contributed by atoms with Gasteiger partial charge >= 0.3 is 0 Å². The zero-order valence-corrected chi connectivity index (χ0v) is 12.2. The molecule has 2 rings (SSSR count). The lowest BCUT2D eigenvalue weighted by molar-refractivity contribution is 0.0954. The lowest BCUT2D eigenvalue weighted by atomic mass is 10.1. The van der Waals surface area contributed by atoms with Crippen molar-refractivity contribution in [2.24, 2.45) is 5.73 Å². The predicted octanol–water partition coefficient (Wildman–Crippen LogP) is 0.223. The normalized spacial score (nSPS) is 17.2. The molecule has 1 amide bonds. The number of nitrogens with one attached hydrogen (secondary N) is 1. The van der Waals surface area contributed by atoms with Crippen LogP contribution in [-0.4, -0.2) is 39.7 Å². The standard InChI is InChI=1S/C13H19N3O3S/c1-10-9-11(16-7-2-8-20(16,18)19)3-4-12(10)13(17)15-6-5-14/h3-4,9H,2,5-8,14H2,1H3,(H,15,17). The van der Waals surface area contributed by atoms with Gasteiger partial charge in [0.1, 0.15) is 0 Å². The molecule has 3 N–H and O–H groups in total. The molecule has 0 aromatic heterocycles. The zero-order valence-electron chi connectivity index (χ0n) is 11.4. The first-order valence-electron chi connectivity index (χ1n) is 6.55. The Morgan fingerprint density at radius 2 is 2.20 bits per heavy atom. The number of hydrogen-bond acceptors (Lipinski definition) is 4. The minimum absolute atomic E-state index is 0.185. The zero-order chi connectivity index (χ0) is 14.8. The van der Waals surface area contributed by atoms with Gasteiger partial charge in [0.05, 0.1) is 11.4 Å². The SMILES string of the molecule is Cc1cc(N2CCCS2(=O)=O)ccc1C(=O)NCCN. The van der Waals surface area contributed by atoms with Crippen molar-refractivity contribution in [1.29, 1.82) is 0 Å². The Labute approximate surface area is 119 Å². The quantitative estimate of drug-likeness (QED) is 0.831. The predicted molar refractivity (Wildman–Crippen MR) is 78.3 cm³/mol. The highest BCUT2D eigenvalue weighted by Gasteiger charge is 2.28. The fourth-order valence-corrected chi connectivity index (χ4v) is 3.82. The van der Waals surface area contributed by atoms with Crippen molar-refractivity contribution in [3.05, 3.63) is 29.3 Å². The van der Waals surface area contributed by atoms with Crippen LogP contribution in [-0.2, 0) is 10.0 Å². The van der Waals surface area contributed by atoms with Crippen molar-refractivity contribution in [2.45, 2.75) is 13.3 Å². The first-order valence-corrected chi connectivity index (χ1v) is 8.16. The topological polar surface area (TPSA) is 92.5 Å². The first kappa shape index (κ1) is 14.8. The van der Waals surface area contributed by atoms with Crippen LogP contribution >= 0.6 is 0 Å². The number of aryl methyl sites for hydroxylation is 1. The van der Waals surface area contributed by atoms with Crippen LogP contribution in [0.25, 0.3) is 0 Å². The Morgan fingerprint density at radius 3 is 2.75 bits per heavy atom. The second-order valence-electron chi connectivity index (χ2n) is 4.79. The summed E-state index contributed by atoms with van der Waals surface area (Å²) in [6, 6.07) is 5.07. The number of amides is 1. The van der Waals surface area contributed by atoms with Gasteiger partial charge in [-0.2, -0.15) is 0 Å². The molecule has 0 radical (unpaired) electrons. The molecule has 1 aliphatic rings. The van der Waals surface area contributed by atoms with E-state index in [2.05, 4.69) is 5.32 Å². The van der Waals surface area contributed by atoms with E-state index in [-0.39, 0.29) is 11.7 Å². The lowest BCUT2D eigenvalue weighted by Gasteiger charge is -2.18. The van der Waals surface area contributed by atoms with Gasteiger partial charge in [-0.05, 0) is 37.1 Å². The number of rotatable bonds is 4. The van der Waals surface area contributed by atoms with Gasteiger partial charge in [0.25, 0.3) is 5.91 Å². The third-order valence-corrected chi connectivity index (χ3v) is 5.14. The summed E-state index contributed by atoms with van der Waals surface area (Å²) >= 11 is 0. The molecule has 1 aliphatic heterocycles. The molecule has 1 aromatic carbocycles. The van der Waals surface area contributed by atoms with Crippen LogP contribution in [0.4, 0.5) is 5.69 Å². The summed E-state index contributed by atoms with van der Waals surface area (Å²) in [5.41, 5.74) is 7.25. The van der Waals surface area contributed by atoms with Crippen molar-refractivity contribution in [1.82, 2.24) is 5.32 Å². The molecule has 1 fully saturated rings. The number of nitrogens with two attached hydrogens (primary N) is 1. The second-order valence-corrected chi connectivity index (χ2v) is 6.80. The van der Waals surface area contributed by atoms with E-state index in [0.29, 0.717) is 37.3 Å². The summed E-state index contributed by atoms with van der Waals surface area (Å²) < 4.78 is 25.1. The highest BCUT2D eigenvalue weighted by molar-refractivity contribution is 7.93. The van der Waals surface area contributed by atoms with E-state index < -0.39 is 10.0 Å². The maximum atomic E-state index is 11.9. The van der Waals surface area contributed by atoms with Gasteiger partial charge in [-0.1, -0.05) is 0 Å². The van der Waals surface area contributed by atoms with Gasteiger partial charge < -0.3 is 11.1 Å². The fourth-order valence-electron chi connectivity index (χ4n) is 2.27. The van der Waals surface area contributed by atoms with E-state index in [4.69, 9.17) is 5.73 Å². The van der Waals surface area contributed by atoms with Crippen LogP contribution in [0.15, 0.2) is 18.2 Å². The summed E-state index contributed by atoms with van der Waals surface area (Å²) in [6.07, 6.45) is 0.639. The van der Waals surface area contributed by atoms with Gasteiger partial charge in [0, 0.05) is 25.2 Å². The van der Waals surface area contributed by atoms with Crippen LogP contribution in [0, 0.1) is 6.92 Å². The molecule has 0 atom stereocenters. The van der Waals surface area contributed by atoms with Crippen molar-refractivity contribution in [3.63, 3.8) is 0 Å². The third kappa shape index (κ3) is 2.94. The molecule has 1 aromatic rings. The van der Waals surface area contributed by atoms with Crippen LogP contribution in [0.2, 0.25) is 0 Å². The molecule has 0 spiro atoms. The van der Waals surface area contributed by atoms with E-state index in [9.17, 15) is 13.2 Å². The van der Waals surface area contributed by atoms with Crippen molar-refractivity contribution in [2.75, 3.05) is 29.7 Å². The molecule has 0 aliphatic carbocycles. The van der Waals surface area contributed by atoms with Crippen molar-refractivity contribution in [3.8, 4) is 0 Å². The number of nitrogens with zero attached hydrogens (tertiary/aromatic N) is 1. The third-order valence-electron chi connectivity index (χ3n) is 3.27. The average molecular weight is 297 g/mol. The maximum absolute atomic E-state index is 11.9. The molecule has 110 valence electrons. The highest BCUT2D eigenvalue weighted by Crippen LogP contribution is 2.26. The van der Waals surface area contributed by atoms with Gasteiger partial charge in [0.15, 0.2) is 0 Å². The lowest BCUT2D eigenvalue weighted by Crippen LogP contribution is -2.30. The molecule has 0 unspecified atom stereocenters. The fraction of sp³-hybridized carbons (Fsp3) is 0.462. The largest absolute Gasteiger partial charge is 0.351 e. The number of benzene rings is 1. The number of carbonyl (C=O) groups excluding carboxylic acids is 1. The van der Waals surface area contributed by atoms with Crippen LogP contribution in [0.3, 0.4) is 0 Å². The summed E-state index contributed by atoms with van der Waals surface area (Å²) in [7, 11) is -3.19. The van der Waals surface area contributed by atoms with E-state index >= 15 is 0 Å². The molecule has 0 saturated carbocycles. The smallest absolute Gasteiger partial charge is 0.251 e. The van der Waals surface area contributed by atoms with Gasteiger partial charge in [-0.3, -0.25) is 9.10 Å². The van der Waals surface area contributed by atoms with Gasteiger partial charge in [0.2, 0.25) is 10.0 Å². The van der Waals surface area contributed by atoms with Gasteiger partial charge in [-0.15, -0.1) is 0 Å². The highest BCUT2D eigenvalue weighted by atomic mass is 32.2. The molecule has 1 heterocycles. The maximum Gasteiger partial charge on any atom is 0.251 e. The van der Waals surface area contributed by atoms with Crippen molar-refractivity contribution < 1.29 is 13.2 Å². The summed E-state index contributed by atoms with van der Waals surface area (Å²) in [5, 5.41) is 2.70.